The van der Waals surface area contributed by atoms with E-state index in [4.69, 9.17) is 23.1 Å². The SMILES string of the molecule is Cc1ccc(N(C(=O)c2snc(C(N)=O)c2N)C(C(=O)NCCC(C)C)c2ccc(Cl)cc2)cc1. The largest absolute Gasteiger partial charge is 0.395 e. The minimum absolute atomic E-state index is 0.0216. The van der Waals surface area contributed by atoms with Crippen molar-refractivity contribution in [3.05, 3.63) is 75.3 Å². The fraction of sp³-hybridized carbons (Fsp3) is 0.280. The van der Waals surface area contributed by atoms with E-state index in [9.17, 15) is 14.4 Å². The zero-order valence-electron chi connectivity index (χ0n) is 19.7. The Morgan fingerprint density at radius 1 is 1.09 bits per heavy atom. The minimum Gasteiger partial charge on any atom is -0.395 e. The van der Waals surface area contributed by atoms with Crippen LogP contribution in [0.2, 0.25) is 5.02 Å². The van der Waals surface area contributed by atoms with Gasteiger partial charge < -0.3 is 16.8 Å². The molecular weight excluding hydrogens is 486 g/mol. The standard InChI is InChI=1S/C25H28ClN5O3S/c1-14(2)12-13-29-24(33)21(16-6-8-17(26)9-7-16)31(18-10-4-15(3)5-11-18)25(34)22-19(27)20(23(28)32)30-35-22/h4-11,14,21H,12-13,27H2,1-3H3,(H2,28,32)(H,29,33). The minimum atomic E-state index is -1.03. The topological polar surface area (TPSA) is 131 Å². The molecule has 5 N–H and O–H groups in total. The van der Waals surface area contributed by atoms with E-state index in [0.29, 0.717) is 28.7 Å². The molecule has 0 saturated heterocycles. The predicted molar refractivity (Wildman–Crippen MR) is 140 cm³/mol. The smallest absolute Gasteiger partial charge is 0.273 e. The highest BCUT2D eigenvalue weighted by Crippen LogP contribution is 2.33. The molecule has 3 aromatic rings. The molecular formula is C25H28ClN5O3S. The number of nitrogens with two attached hydrogens (primary N) is 2. The highest BCUT2D eigenvalue weighted by atomic mass is 35.5. The molecule has 3 rings (SSSR count). The highest BCUT2D eigenvalue weighted by Gasteiger charge is 2.36. The van der Waals surface area contributed by atoms with Crippen LogP contribution in [-0.2, 0) is 4.79 Å². The van der Waals surface area contributed by atoms with Crippen LogP contribution in [0.5, 0.6) is 0 Å². The van der Waals surface area contributed by atoms with Crippen LogP contribution in [0.1, 0.15) is 57.6 Å². The number of nitrogens with zero attached hydrogens (tertiary/aromatic N) is 2. The number of rotatable bonds is 9. The number of amides is 3. The maximum Gasteiger partial charge on any atom is 0.273 e. The second-order valence-corrected chi connectivity index (χ2v) is 9.79. The van der Waals surface area contributed by atoms with Crippen molar-refractivity contribution in [3.63, 3.8) is 0 Å². The van der Waals surface area contributed by atoms with Gasteiger partial charge in [-0.05, 0) is 60.6 Å². The number of carbonyl (C=O) groups excluding carboxylic acids is 3. The molecule has 1 unspecified atom stereocenters. The number of benzene rings is 2. The van der Waals surface area contributed by atoms with Gasteiger partial charge in [-0.3, -0.25) is 19.3 Å². The number of anilines is 2. The molecule has 10 heteroatoms. The number of hydrogen-bond acceptors (Lipinski definition) is 6. The maximum atomic E-state index is 13.9. The summed E-state index contributed by atoms with van der Waals surface area (Å²) in [4.78, 5) is 40.6. The molecule has 0 aliphatic carbocycles. The maximum absolute atomic E-state index is 13.9. The van der Waals surface area contributed by atoms with Gasteiger partial charge in [0, 0.05) is 17.3 Å². The van der Waals surface area contributed by atoms with Gasteiger partial charge in [-0.15, -0.1) is 0 Å². The van der Waals surface area contributed by atoms with Crippen molar-refractivity contribution >= 4 is 52.2 Å². The Morgan fingerprint density at radius 3 is 2.26 bits per heavy atom. The Labute approximate surface area is 213 Å². The van der Waals surface area contributed by atoms with E-state index in [0.717, 1.165) is 23.5 Å². The number of aromatic nitrogens is 1. The van der Waals surface area contributed by atoms with E-state index < -0.39 is 17.9 Å². The molecule has 1 aromatic heterocycles. The van der Waals surface area contributed by atoms with Crippen molar-refractivity contribution in [1.29, 1.82) is 0 Å². The molecule has 3 amide bonds. The van der Waals surface area contributed by atoms with E-state index in [-0.39, 0.29) is 22.2 Å². The highest BCUT2D eigenvalue weighted by molar-refractivity contribution is 7.09. The Balaban J connectivity index is 2.14. The van der Waals surface area contributed by atoms with Gasteiger partial charge in [0.05, 0.1) is 5.69 Å². The summed E-state index contributed by atoms with van der Waals surface area (Å²) in [6.07, 6.45) is 0.779. The predicted octanol–water partition coefficient (Wildman–Crippen LogP) is 4.34. The van der Waals surface area contributed by atoms with Crippen molar-refractivity contribution in [3.8, 4) is 0 Å². The summed E-state index contributed by atoms with van der Waals surface area (Å²) in [5.74, 6) is -1.38. The molecule has 1 heterocycles. The normalized spacial score (nSPS) is 11.8. The van der Waals surface area contributed by atoms with Gasteiger partial charge in [0.15, 0.2) is 5.69 Å². The zero-order chi connectivity index (χ0) is 25.7. The van der Waals surface area contributed by atoms with Crippen molar-refractivity contribution in [2.45, 2.75) is 33.2 Å². The Morgan fingerprint density at radius 2 is 1.71 bits per heavy atom. The Bertz CT molecular complexity index is 1210. The summed E-state index contributed by atoms with van der Waals surface area (Å²) in [7, 11) is 0. The molecule has 2 aromatic carbocycles. The lowest BCUT2D eigenvalue weighted by Gasteiger charge is -2.31. The van der Waals surface area contributed by atoms with Crippen molar-refractivity contribution in [2.75, 3.05) is 17.2 Å². The first-order chi connectivity index (χ1) is 16.6. The fourth-order valence-corrected chi connectivity index (χ4v) is 4.34. The van der Waals surface area contributed by atoms with Gasteiger partial charge in [-0.25, -0.2) is 0 Å². The van der Waals surface area contributed by atoms with Crippen molar-refractivity contribution < 1.29 is 14.4 Å². The molecule has 0 bridgehead atoms. The first kappa shape index (κ1) is 26.2. The molecule has 0 saturated carbocycles. The van der Waals surface area contributed by atoms with Gasteiger partial charge in [0.1, 0.15) is 10.9 Å². The van der Waals surface area contributed by atoms with Crippen LogP contribution >= 0.6 is 23.1 Å². The van der Waals surface area contributed by atoms with E-state index in [1.807, 2.05) is 19.1 Å². The number of hydrogen-bond donors (Lipinski definition) is 3. The lowest BCUT2D eigenvalue weighted by atomic mass is 10.0. The van der Waals surface area contributed by atoms with Gasteiger partial charge in [-0.1, -0.05) is 55.3 Å². The average Bonchev–Trinajstić information content (AvgIpc) is 3.20. The summed E-state index contributed by atoms with van der Waals surface area (Å²) in [5, 5.41) is 3.45. The first-order valence-electron chi connectivity index (χ1n) is 11.1. The number of primary amides is 1. The Kier molecular flexibility index (Phi) is 8.48. The third kappa shape index (κ3) is 6.17. The lowest BCUT2D eigenvalue weighted by molar-refractivity contribution is -0.122. The van der Waals surface area contributed by atoms with Crippen LogP contribution < -0.4 is 21.7 Å². The molecule has 8 nitrogen and oxygen atoms in total. The van der Waals surface area contributed by atoms with E-state index in [1.54, 1.807) is 36.4 Å². The van der Waals surface area contributed by atoms with Gasteiger partial charge in [0.2, 0.25) is 5.91 Å². The molecule has 35 heavy (non-hydrogen) atoms. The van der Waals surface area contributed by atoms with Crippen molar-refractivity contribution in [1.82, 2.24) is 9.69 Å². The van der Waals surface area contributed by atoms with Crippen LogP contribution in [0.15, 0.2) is 48.5 Å². The summed E-state index contributed by atoms with van der Waals surface area (Å²) < 4.78 is 3.96. The summed E-state index contributed by atoms with van der Waals surface area (Å²) in [6, 6.07) is 12.9. The van der Waals surface area contributed by atoms with E-state index >= 15 is 0 Å². The number of halogens is 1. The number of carbonyl (C=O) groups is 3. The average molecular weight is 514 g/mol. The number of nitrogens with one attached hydrogen (secondary N) is 1. The van der Waals surface area contributed by atoms with E-state index in [1.165, 1.54) is 4.90 Å². The van der Waals surface area contributed by atoms with Crippen LogP contribution in [0, 0.1) is 12.8 Å². The second-order valence-electron chi connectivity index (χ2n) is 8.58. The molecule has 0 radical (unpaired) electrons. The zero-order valence-corrected chi connectivity index (χ0v) is 21.3. The fourth-order valence-electron chi connectivity index (χ4n) is 3.47. The third-order valence-electron chi connectivity index (χ3n) is 5.40. The molecule has 0 fully saturated rings. The molecule has 0 aliphatic heterocycles. The first-order valence-corrected chi connectivity index (χ1v) is 12.2. The van der Waals surface area contributed by atoms with E-state index in [2.05, 4.69) is 23.5 Å². The summed E-state index contributed by atoms with van der Waals surface area (Å²) in [5.41, 5.74) is 13.2. The molecule has 184 valence electrons. The van der Waals surface area contributed by atoms with Crippen LogP contribution in [0.25, 0.3) is 0 Å². The number of nitrogen functional groups attached to an aromatic ring is 1. The molecule has 0 aliphatic rings. The number of aryl methyl sites for hydroxylation is 1. The van der Waals surface area contributed by atoms with Gasteiger partial charge >= 0.3 is 0 Å². The van der Waals surface area contributed by atoms with Gasteiger partial charge in [0.25, 0.3) is 11.8 Å². The van der Waals surface area contributed by atoms with Crippen molar-refractivity contribution in [2.24, 2.45) is 11.7 Å². The quantitative estimate of drug-likeness (QED) is 0.391. The molecule has 0 spiro atoms. The second kappa shape index (κ2) is 11.3. The molecule has 1 atom stereocenters. The van der Waals surface area contributed by atoms with Crippen LogP contribution in [0.4, 0.5) is 11.4 Å². The lowest BCUT2D eigenvalue weighted by Crippen LogP contribution is -2.44. The van der Waals surface area contributed by atoms with Gasteiger partial charge in [-0.2, -0.15) is 4.37 Å². The Hall–Kier alpha value is -3.43. The van der Waals surface area contributed by atoms with Crippen LogP contribution in [0.3, 0.4) is 0 Å². The summed E-state index contributed by atoms with van der Waals surface area (Å²) in [6.45, 7) is 6.50. The third-order valence-corrected chi connectivity index (χ3v) is 6.50. The summed E-state index contributed by atoms with van der Waals surface area (Å²) >= 11 is 6.86. The monoisotopic (exact) mass is 513 g/mol. The van der Waals surface area contributed by atoms with Crippen LogP contribution in [-0.4, -0.2) is 28.6 Å².